The molecule has 19 heavy (non-hydrogen) atoms. The summed E-state index contributed by atoms with van der Waals surface area (Å²) < 4.78 is 40.9. The summed E-state index contributed by atoms with van der Waals surface area (Å²) in [5.41, 5.74) is 5.90. The average Bonchev–Trinajstić information content (AvgIpc) is 2.71. The molecule has 2 aromatic heterocycles. The Morgan fingerprint density at radius 1 is 1.26 bits per heavy atom. The summed E-state index contributed by atoms with van der Waals surface area (Å²) in [6.07, 6.45) is 1.87. The van der Waals surface area contributed by atoms with Crippen molar-refractivity contribution in [2.45, 2.75) is 18.8 Å². The van der Waals surface area contributed by atoms with Crippen molar-refractivity contribution in [3.63, 3.8) is 0 Å². The van der Waals surface area contributed by atoms with Crippen molar-refractivity contribution < 1.29 is 13.2 Å². The van der Waals surface area contributed by atoms with Gasteiger partial charge in [-0.05, 0) is 0 Å². The molecule has 3 heterocycles. The van der Waals surface area contributed by atoms with Crippen molar-refractivity contribution in [2.24, 2.45) is 0 Å². The first-order chi connectivity index (χ1) is 8.96. The molecule has 0 aromatic carbocycles. The molecule has 8 heteroatoms. The monoisotopic (exact) mass is 271 g/mol. The number of nitrogen functional groups attached to an aromatic ring is 1. The number of anilines is 2. The zero-order valence-electron chi connectivity index (χ0n) is 9.98. The van der Waals surface area contributed by atoms with Gasteiger partial charge in [0.1, 0.15) is 5.82 Å². The Bertz CT molecular complexity index is 614. The van der Waals surface area contributed by atoms with Crippen LogP contribution >= 0.6 is 0 Å². The van der Waals surface area contributed by atoms with E-state index in [1.54, 1.807) is 4.90 Å². The Labute approximate surface area is 106 Å². The van der Waals surface area contributed by atoms with E-state index in [-0.39, 0.29) is 37.4 Å². The third-order valence-corrected chi connectivity index (χ3v) is 3.24. The van der Waals surface area contributed by atoms with Gasteiger partial charge in [0.15, 0.2) is 11.5 Å². The molecule has 3 rings (SSSR count). The van der Waals surface area contributed by atoms with Gasteiger partial charge in [-0.15, -0.1) is 0 Å². The summed E-state index contributed by atoms with van der Waals surface area (Å²) >= 11 is 0. The number of nitrogens with two attached hydrogens (primary N) is 1. The maximum atomic E-state index is 13.5. The molecule has 1 saturated heterocycles. The van der Waals surface area contributed by atoms with Crippen molar-refractivity contribution in [3.8, 4) is 0 Å². The quantitative estimate of drug-likeness (QED) is 0.857. The molecule has 2 N–H and O–H groups in total. The Kier molecular flexibility index (Phi) is 2.54. The highest BCUT2D eigenvalue weighted by molar-refractivity contribution is 5.66. The van der Waals surface area contributed by atoms with Crippen molar-refractivity contribution >= 4 is 17.3 Å². The van der Waals surface area contributed by atoms with E-state index in [0.717, 1.165) is 6.20 Å². The van der Waals surface area contributed by atoms with E-state index < -0.39 is 11.9 Å². The second kappa shape index (κ2) is 4.01. The molecule has 1 fully saturated rings. The lowest BCUT2D eigenvalue weighted by Crippen LogP contribution is -2.40. The molecule has 0 amide bonds. The molecule has 0 spiro atoms. The Balaban J connectivity index is 2.01. The molecule has 1 aliphatic heterocycles. The van der Waals surface area contributed by atoms with Crippen LogP contribution in [0.15, 0.2) is 12.4 Å². The molecule has 5 nitrogen and oxygen atoms in total. The van der Waals surface area contributed by atoms with Crippen molar-refractivity contribution in [2.75, 3.05) is 23.7 Å². The first-order valence-electron chi connectivity index (χ1n) is 5.88. The highest BCUT2D eigenvalue weighted by atomic mass is 19.3. The van der Waals surface area contributed by atoms with Crippen LogP contribution in [-0.4, -0.2) is 33.4 Å². The van der Waals surface area contributed by atoms with Gasteiger partial charge in [0.2, 0.25) is 5.95 Å². The van der Waals surface area contributed by atoms with E-state index in [0.29, 0.717) is 5.82 Å². The Hall–Kier alpha value is -1.99. The molecule has 102 valence electrons. The van der Waals surface area contributed by atoms with E-state index in [4.69, 9.17) is 5.73 Å². The van der Waals surface area contributed by atoms with Crippen molar-refractivity contribution in [3.05, 3.63) is 18.3 Å². The van der Waals surface area contributed by atoms with E-state index in [9.17, 15) is 13.2 Å². The van der Waals surface area contributed by atoms with E-state index >= 15 is 0 Å². The number of fused-ring (bicyclic) bond motifs is 1. The maximum absolute atomic E-state index is 13.5. The van der Waals surface area contributed by atoms with Gasteiger partial charge in [-0.1, -0.05) is 0 Å². The lowest BCUT2D eigenvalue weighted by atomic mass is 10.1. The highest BCUT2D eigenvalue weighted by Crippen LogP contribution is 2.31. The standard InChI is InChI=1S/C11H12F3N5/c12-7-5-16-9-10(17-8(15)6-19(7)9)18-3-1-11(13,14)2-4-18/h5-6H,1-4,15H2. The minimum atomic E-state index is -2.65. The molecular formula is C11H12F3N5. The maximum Gasteiger partial charge on any atom is 0.251 e. The number of piperidine rings is 1. The van der Waals surface area contributed by atoms with E-state index in [2.05, 4.69) is 9.97 Å². The zero-order valence-corrected chi connectivity index (χ0v) is 9.98. The first kappa shape index (κ1) is 12.1. The smallest absolute Gasteiger partial charge is 0.251 e. The minimum Gasteiger partial charge on any atom is -0.382 e. The number of imidazole rings is 1. The molecule has 1 aliphatic rings. The normalized spacial score (nSPS) is 19.0. The van der Waals surface area contributed by atoms with Gasteiger partial charge in [-0.2, -0.15) is 4.39 Å². The summed E-state index contributed by atoms with van der Waals surface area (Å²) in [5.74, 6) is -2.74. The predicted molar refractivity (Wildman–Crippen MR) is 63.8 cm³/mol. The van der Waals surface area contributed by atoms with Gasteiger partial charge in [-0.25, -0.2) is 18.7 Å². The molecule has 2 aromatic rings. The van der Waals surface area contributed by atoms with Crippen LogP contribution in [0.4, 0.5) is 24.8 Å². The largest absolute Gasteiger partial charge is 0.382 e. The predicted octanol–water partition coefficient (Wildman–Crippen LogP) is 1.69. The van der Waals surface area contributed by atoms with Gasteiger partial charge in [0, 0.05) is 25.9 Å². The van der Waals surface area contributed by atoms with Crippen molar-refractivity contribution in [1.29, 1.82) is 0 Å². The van der Waals surface area contributed by atoms with Crippen LogP contribution in [0.25, 0.3) is 5.65 Å². The van der Waals surface area contributed by atoms with Gasteiger partial charge in [0.25, 0.3) is 5.92 Å². The number of alkyl halides is 2. The summed E-state index contributed by atoms with van der Waals surface area (Å²) in [4.78, 5) is 9.67. The Morgan fingerprint density at radius 3 is 2.63 bits per heavy atom. The second-order valence-corrected chi connectivity index (χ2v) is 4.61. The van der Waals surface area contributed by atoms with Gasteiger partial charge in [-0.3, -0.25) is 4.40 Å². The minimum absolute atomic E-state index is 0.122. The van der Waals surface area contributed by atoms with Crippen LogP contribution in [0.3, 0.4) is 0 Å². The first-order valence-corrected chi connectivity index (χ1v) is 5.88. The zero-order chi connectivity index (χ0) is 13.6. The lowest BCUT2D eigenvalue weighted by Gasteiger charge is -2.32. The lowest BCUT2D eigenvalue weighted by molar-refractivity contribution is -0.0221. The number of hydrogen-bond acceptors (Lipinski definition) is 4. The van der Waals surface area contributed by atoms with Crippen LogP contribution in [0.1, 0.15) is 12.8 Å². The molecule has 0 aliphatic carbocycles. The van der Waals surface area contributed by atoms with Crippen LogP contribution in [-0.2, 0) is 0 Å². The van der Waals surface area contributed by atoms with Gasteiger partial charge < -0.3 is 10.6 Å². The third-order valence-electron chi connectivity index (χ3n) is 3.24. The number of rotatable bonds is 1. The van der Waals surface area contributed by atoms with Gasteiger partial charge >= 0.3 is 0 Å². The number of nitrogens with zero attached hydrogens (tertiary/aromatic N) is 4. The summed E-state index contributed by atoms with van der Waals surface area (Å²) in [5, 5.41) is 0. The second-order valence-electron chi connectivity index (χ2n) is 4.61. The fourth-order valence-corrected chi connectivity index (χ4v) is 2.22. The fourth-order valence-electron chi connectivity index (χ4n) is 2.22. The topological polar surface area (TPSA) is 59.5 Å². The van der Waals surface area contributed by atoms with Gasteiger partial charge in [0.05, 0.1) is 12.4 Å². The molecular weight excluding hydrogens is 259 g/mol. The molecule has 0 unspecified atom stereocenters. The molecule has 0 saturated carbocycles. The molecule has 0 bridgehead atoms. The molecule has 0 atom stereocenters. The Morgan fingerprint density at radius 2 is 1.95 bits per heavy atom. The van der Waals surface area contributed by atoms with Crippen LogP contribution in [0.2, 0.25) is 0 Å². The SMILES string of the molecule is Nc1cn2c(F)cnc2c(N2CCC(F)(F)CC2)n1. The van der Waals surface area contributed by atoms with Crippen LogP contribution in [0, 0.1) is 5.95 Å². The summed E-state index contributed by atoms with van der Waals surface area (Å²) in [6, 6.07) is 0. The fraction of sp³-hybridized carbons (Fsp3) is 0.455. The van der Waals surface area contributed by atoms with Crippen LogP contribution < -0.4 is 10.6 Å². The number of aromatic nitrogens is 3. The summed E-state index contributed by atoms with van der Waals surface area (Å²) in [6.45, 7) is 0.293. The van der Waals surface area contributed by atoms with E-state index in [1.165, 1.54) is 10.6 Å². The van der Waals surface area contributed by atoms with E-state index in [1.807, 2.05) is 0 Å². The van der Waals surface area contributed by atoms with Crippen molar-refractivity contribution in [1.82, 2.24) is 14.4 Å². The number of hydrogen-bond donors (Lipinski definition) is 1. The van der Waals surface area contributed by atoms with Crippen LogP contribution in [0.5, 0.6) is 0 Å². The summed E-state index contributed by atoms with van der Waals surface area (Å²) in [7, 11) is 0. The average molecular weight is 271 g/mol. The molecule has 0 radical (unpaired) electrons. The highest BCUT2D eigenvalue weighted by Gasteiger charge is 2.35. The number of halogens is 3. The third kappa shape index (κ3) is 2.06.